The van der Waals surface area contributed by atoms with E-state index in [0.29, 0.717) is 11.5 Å². The number of hydrogen-bond acceptors (Lipinski definition) is 3. The monoisotopic (exact) mass is 389 g/mol. The molecular formula is C24H27N3O2. The Morgan fingerprint density at radius 3 is 2.48 bits per heavy atom. The van der Waals surface area contributed by atoms with Gasteiger partial charge >= 0.3 is 5.97 Å². The van der Waals surface area contributed by atoms with Gasteiger partial charge in [0.25, 0.3) is 0 Å². The van der Waals surface area contributed by atoms with Gasteiger partial charge in [-0.25, -0.2) is 14.5 Å². The van der Waals surface area contributed by atoms with Crippen molar-refractivity contribution in [3.05, 3.63) is 71.3 Å². The Labute approximate surface area is 171 Å². The minimum Gasteiger partial charge on any atom is -0.478 e. The van der Waals surface area contributed by atoms with Crippen molar-refractivity contribution in [3.63, 3.8) is 0 Å². The topological polar surface area (TPSA) is 68.0 Å². The van der Waals surface area contributed by atoms with Crippen molar-refractivity contribution in [2.45, 2.75) is 57.9 Å². The van der Waals surface area contributed by atoms with E-state index in [1.807, 2.05) is 28.9 Å². The van der Waals surface area contributed by atoms with E-state index >= 15 is 0 Å². The number of rotatable bonds is 6. The summed E-state index contributed by atoms with van der Waals surface area (Å²) in [5.74, 6) is 1.61. The molecular weight excluding hydrogens is 362 g/mol. The maximum Gasteiger partial charge on any atom is 0.336 e. The molecule has 0 amide bonds. The molecule has 29 heavy (non-hydrogen) atoms. The highest BCUT2D eigenvalue weighted by Gasteiger charge is 2.21. The summed E-state index contributed by atoms with van der Waals surface area (Å²) in [6, 6.07) is 15.2. The maximum atomic E-state index is 11.5. The zero-order valence-electron chi connectivity index (χ0n) is 16.8. The van der Waals surface area contributed by atoms with Crippen LogP contribution in [0.25, 0.3) is 11.1 Å². The van der Waals surface area contributed by atoms with Gasteiger partial charge in [0.1, 0.15) is 5.82 Å². The lowest BCUT2D eigenvalue weighted by Gasteiger charge is -2.18. The van der Waals surface area contributed by atoms with E-state index in [1.165, 1.54) is 32.1 Å². The lowest BCUT2D eigenvalue weighted by Crippen LogP contribution is -2.07. The van der Waals surface area contributed by atoms with Gasteiger partial charge in [0, 0.05) is 18.9 Å². The van der Waals surface area contributed by atoms with Gasteiger partial charge in [-0.1, -0.05) is 61.7 Å². The number of benzene rings is 2. The first-order valence-electron chi connectivity index (χ1n) is 10.5. The van der Waals surface area contributed by atoms with Crippen LogP contribution in [0.3, 0.4) is 0 Å². The Balaban J connectivity index is 1.55. The van der Waals surface area contributed by atoms with E-state index in [2.05, 4.69) is 19.1 Å². The first kappa shape index (κ1) is 19.4. The summed E-state index contributed by atoms with van der Waals surface area (Å²) in [6.45, 7) is 2.92. The van der Waals surface area contributed by atoms with Gasteiger partial charge in [0.2, 0.25) is 0 Å². The largest absolute Gasteiger partial charge is 0.478 e. The van der Waals surface area contributed by atoms with Crippen LogP contribution >= 0.6 is 0 Å². The van der Waals surface area contributed by atoms with Gasteiger partial charge in [-0.2, -0.15) is 5.10 Å². The fourth-order valence-electron chi connectivity index (χ4n) is 4.22. The second kappa shape index (κ2) is 8.60. The number of carboxylic acid groups (broad SMARTS) is 1. The zero-order chi connectivity index (χ0) is 20.2. The van der Waals surface area contributed by atoms with Crippen LogP contribution in [0.5, 0.6) is 0 Å². The van der Waals surface area contributed by atoms with Crippen molar-refractivity contribution < 1.29 is 9.90 Å². The third kappa shape index (κ3) is 4.24. The highest BCUT2D eigenvalue weighted by molar-refractivity contribution is 5.95. The predicted molar refractivity (Wildman–Crippen MR) is 113 cm³/mol. The molecule has 0 bridgehead atoms. The highest BCUT2D eigenvalue weighted by atomic mass is 16.4. The number of aryl methyl sites for hydroxylation is 1. The van der Waals surface area contributed by atoms with Crippen LogP contribution in [0.4, 0.5) is 0 Å². The molecule has 150 valence electrons. The fraction of sp³-hybridized carbons (Fsp3) is 0.375. The van der Waals surface area contributed by atoms with E-state index in [-0.39, 0.29) is 0 Å². The van der Waals surface area contributed by atoms with Crippen molar-refractivity contribution >= 4 is 5.97 Å². The lowest BCUT2D eigenvalue weighted by molar-refractivity contribution is 0.0697. The minimum absolute atomic E-state index is 0.322. The summed E-state index contributed by atoms with van der Waals surface area (Å²) in [6.07, 6.45) is 7.01. The molecule has 0 spiro atoms. The highest BCUT2D eigenvalue weighted by Crippen LogP contribution is 2.31. The number of aromatic carboxylic acids is 1. The van der Waals surface area contributed by atoms with Crippen molar-refractivity contribution in [1.29, 1.82) is 0 Å². The van der Waals surface area contributed by atoms with E-state index in [1.54, 1.807) is 12.1 Å². The van der Waals surface area contributed by atoms with Crippen LogP contribution in [0, 0.1) is 0 Å². The second-order valence-electron chi connectivity index (χ2n) is 7.76. The molecule has 5 nitrogen and oxygen atoms in total. The zero-order valence-corrected chi connectivity index (χ0v) is 16.8. The number of carboxylic acids is 1. The first-order chi connectivity index (χ1) is 14.2. The summed E-state index contributed by atoms with van der Waals surface area (Å²) >= 11 is 0. The van der Waals surface area contributed by atoms with Gasteiger partial charge in [-0.05, 0) is 42.5 Å². The molecule has 0 aliphatic heterocycles. The average molecular weight is 389 g/mol. The van der Waals surface area contributed by atoms with Crippen molar-refractivity contribution in [2.75, 3.05) is 0 Å². The molecule has 1 N–H and O–H groups in total. The molecule has 1 aliphatic rings. The number of nitrogens with zero attached hydrogens (tertiary/aromatic N) is 3. The van der Waals surface area contributed by atoms with Gasteiger partial charge in [0.05, 0.1) is 5.56 Å². The van der Waals surface area contributed by atoms with Gasteiger partial charge in [-0.15, -0.1) is 0 Å². The quantitative estimate of drug-likeness (QED) is 0.621. The maximum absolute atomic E-state index is 11.5. The molecule has 1 aromatic heterocycles. The summed E-state index contributed by atoms with van der Waals surface area (Å²) in [4.78, 5) is 16.4. The molecule has 1 saturated carbocycles. The SMILES string of the molecule is CCn1nc(C2CCCCC2)nc1Cc1ccc(-c2ccccc2C(=O)O)cc1. The molecule has 3 aromatic rings. The molecule has 0 unspecified atom stereocenters. The molecule has 1 aliphatic carbocycles. The number of hydrogen-bond donors (Lipinski definition) is 1. The first-order valence-corrected chi connectivity index (χ1v) is 10.5. The molecule has 4 rings (SSSR count). The molecule has 5 heteroatoms. The number of aromatic nitrogens is 3. The average Bonchev–Trinajstić information content (AvgIpc) is 3.18. The van der Waals surface area contributed by atoms with Crippen LogP contribution in [0.15, 0.2) is 48.5 Å². The van der Waals surface area contributed by atoms with Gasteiger partial charge in [0.15, 0.2) is 5.82 Å². The van der Waals surface area contributed by atoms with E-state index < -0.39 is 5.97 Å². The van der Waals surface area contributed by atoms with E-state index in [0.717, 1.165) is 41.3 Å². The second-order valence-corrected chi connectivity index (χ2v) is 7.76. The van der Waals surface area contributed by atoms with Crippen LogP contribution in [0.1, 0.15) is 72.5 Å². The normalized spacial score (nSPS) is 14.8. The van der Waals surface area contributed by atoms with Crippen LogP contribution in [-0.4, -0.2) is 25.8 Å². The third-order valence-electron chi connectivity index (χ3n) is 5.82. The standard InChI is InChI=1S/C24H27N3O2/c1-2-27-22(25-23(26-27)19-8-4-3-5-9-19)16-17-12-14-18(15-13-17)20-10-6-7-11-21(20)24(28)29/h6-7,10-15,19H,2-5,8-9,16H2,1H3,(H,28,29). The Hall–Kier alpha value is -2.95. The van der Waals surface area contributed by atoms with Crippen LogP contribution in [0.2, 0.25) is 0 Å². The molecule has 1 fully saturated rings. The van der Waals surface area contributed by atoms with Crippen molar-refractivity contribution in [3.8, 4) is 11.1 Å². The van der Waals surface area contributed by atoms with Gasteiger partial charge < -0.3 is 5.11 Å². The number of carbonyl (C=O) groups is 1. The molecule has 2 aromatic carbocycles. The molecule has 0 radical (unpaired) electrons. The predicted octanol–water partition coefficient (Wildman–Crippen LogP) is 5.30. The lowest BCUT2D eigenvalue weighted by atomic mass is 9.89. The molecule has 0 saturated heterocycles. The summed E-state index contributed by atoms with van der Waals surface area (Å²) in [5, 5.41) is 14.2. The van der Waals surface area contributed by atoms with Crippen molar-refractivity contribution in [1.82, 2.24) is 14.8 Å². The summed E-state index contributed by atoms with van der Waals surface area (Å²) < 4.78 is 2.03. The summed E-state index contributed by atoms with van der Waals surface area (Å²) in [7, 11) is 0. The Bertz CT molecular complexity index is 986. The Morgan fingerprint density at radius 1 is 1.07 bits per heavy atom. The Morgan fingerprint density at radius 2 is 1.79 bits per heavy atom. The fourth-order valence-corrected chi connectivity index (χ4v) is 4.22. The Kier molecular flexibility index (Phi) is 5.74. The van der Waals surface area contributed by atoms with Crippen LogP contribution in [-0.2, 0) is 13.0 Å². The van der Waals surface area contributed by atoms with Crippen molar-refractivity contribution in [2.24, 2.45) is 0 Å². The third-order valence-corrected chi connectivity index (χ3v) is 5.82. The van der Waals surface area contributed by atoms with Crippen LogP contribution < -0.4 is 0 Å². The smallest absolute Gasteiger partial charge is 0.336 e. The molecule has 1 heterocycles. The van der Waals surface area contributed by atoms with E-state index in [4.69, 9.17) is 10.1 Å². The van der Waals surface area contributed by atoms with Gasteiger partial charge in [-0.3, -0.25) is 0 Å². The summed E-state index contributed by atoms with van der Waals surface area (Å²) in [5.41, 5.74) is 3.12. The minimum atomic E-state index is -0.907. The molecule has 0 atom stereocenters. The van der Waals surface area contributed by atoms with E-state index in [9.17, 15) is 9.90 Å².